The molecule has 1 N–H and O–H groups in total. The Morgan fingerprint density at radius 2 is 2.29 bits per heavy atom. The van der Waals surface area contributed by atoms with Crippen molar-refractivity contribution in [3.63, 3.8) is 0 Å². The average Bonchev–Trinajstić information content (AvgIpc) is 2.88. The van der Waals surface area contributed by atoms with Crippen LogP contribution >= 0.6 is 15.9 Å². The predicted molar refractivity (Wildman–Crippen MR) is 83.5 cm³/mol. The molecule has 0 spiro atoms. The average molecular weight is 356 g/mol. The molecule has 0 unspecified atom stereocenters. The topological polar surface area (TPSA) is 74.0 Å². The van der Waals surface area contributed by atoms with Crippen molar-refractivity contribution < 1.29 is 4.74 Å². The molecule has 0 aliphatic heterocycles. The third-order valence-electron chi connectivity index (χ3n) is 2.96. The van der Waals surface area contributed by atoms with Crippen LogP contribution in [0.15, 0.2) is 27.7 Å². The number of rotatable bonds is 7. The maximum atomic E-state index is 12.1. The summed E-state index contributed by atoms with van der Waals surface area (Å²) in [5, 5.41) is 11.6. The Kier molecular flexibility index (Phi) is 5.51. The summed E-state index contributed by atoms with van der Waals surface area (Å²) in [7, 11) is 3.48. The Labute approximate surface area is 131 Å². The van der Waals surface area contributed by atoms with Gasteiger partial charge in [-0.1, -0.05) is 0 Å². The van der Waals surface area contributed by atoms with Crippen LogP contribution in [0.3, 0.4) is 0 Å². The summed E-state index contributed by atoms with van der Waals surface area (Å²) in [5.74, 6) is 0. The number of methoxy groups -OCH3 is 1. The van der Waals surface area contributed by atoms with Crippen LogP contribution < -0.4 is 10.9 Å². The van der Waals surface area contributed by atoms with E-state index < -0.39 is 0 Å². The zero-order valence-electron chi connectivity index (χ0n) is 12.0. The van der Waals surface area contributed by atoms with E-state index >= 15 is 0 Å². The molecule has 2 heterocycles. The first-order valence-corrected chi connectivity index (χ1v) is 7.38. The zero-order chi connectivity index (χ0) is 15.2. The number of halogens is 1. The van der Waals surface area contributed by atoms with Gasteiger partial charge in [0.25, 0.3) is 5.56 Å². The van der Waals surface area contributed by atoms with Gasteiger partial charge in [-0.15, -0.1) is 0 Å². The van der Waals surface area contributed by atoms with Crippen LogP contribution in [0, 0.1) is 0 Å². The van der Waals surface area contributed by atoms with Gasteiger partial charge in [-0.05, 0) is 22.0 Å². The normalized spacial score (nSPS) is 10.8. The molecule has 0 aliphatic carbocycles. The van der Waals surface area contributed by atoms with Gasteiger partial charge in [0, 0.05) is 33.3 Å². The molecule has 0 bridgehead atoms. The largest absolute Gasteiger partial charge is 0.383 e. The summed E-state index contributed by atoms with van der Waals surface area (Å²) >= 11 is 3.32. The van der Waals surface area contributed by atoms with Crippen LogP contribution in [-0.4, -0.2) is 39.8 Å². The monoisotopic (exact) mass is 355 g/mol. The Balaban J connectivity index is 1.97. The smallest absolute Gasteiger partial charge is 0.283 e. The number of nitrogens with zero attached hydrogens (tertiary/aromatic N) is 4. The molecule has 0 saturated heterocycles. The fraction of sp³-hybridized carbons (Fsp3) is 0.462. The number of hydrogen-bond donors (Lipinski definition) is 1. The van der Waals surface area contributed by atoms with Gasteiger partial charge in [0.1, 0.15) is 4.47 Å². The number of aromatic nitrogens is 4. The first-order valence-electron chi connectivity index (χ1n) is 6.58. The SMILES string of the molecule is COCCn1ncc(NCCc2ccn(C)n2)c(Br)c1=O. The lowest BCUT2D eigenvalue weighted by molar-refractivity contribution is 0.181. The number of hydrogen-bond acceptors (Lipinski definition) is 5. The van der Waals surface area contributed by atoms with Gasteiger partial charge >= 0.3 is 0 Å². The van der Waals surface area contributed by atoms with E-state index in [-0.39, 0.29) is 5.56 Å². The fourth-order valence-electron chi connectivity index (χ4n) is 1.85. The molecule has 0 amide bonds. The minimum absolute atomic E-state index is 0.171. The molecule has 2 aromatic rings. The zero-order valence-corrected chi connectivity index (χ0v) is 13.6. The van der Waals surface area contributed by atoms with Gasteiger partial charge in [0.05, 0.1) is 30.7 Å². The van der Waals surface area contributed by atoms with Crippen LogP contribution in [0.1, 0.15) is 5.69 Å². The summed E-state index contributed by atoms with van der Waals surface area (Å²) in [6.45, 7) is 1.56. The third-order valence-corrected chi connectivity index (χ3v) is 3.72. The quantitative estimate of drug-likeness (QED) is 0.803. The van der Waals surface area contributed by atoms with Crippen molar-refractivity contribution in [1.82, 2.24) is 19.6 Å². The first-order chi connectivity index (χ1) is 10.1. The molecule has 21 heavy (non-hydrogen) atoms. The van der Waals surface area contributed by atoms with Crippen LogP contribution in [0.2, 0.25) is 0 Å². The highest BCUT2D eigenvalue weighted by atomic mass is 79.9. The predicted octanol–water partition coefficient (Wildman–Crippen LogP) is 1.04. The van der Waals surface area contributed by atoms with Crippen LogP contribution in [-0.2, 0) is 24.8 Å². The summed E-state index contributed by atoms with van der Waals surface area (Å²) in [6, 6.07) is 1.97. The van der Waals surface area contributed by atoms with E-state index in [0.717, 1.165) is 12.1 Å². The van der Waals surface area contributed by atoms with Crippen molar-refractivity contribution in [1.29, 1.82) is 0 Å². The Morgan fingerprint density at radius 1 is 1.48 bits per heavy atom. The standard InChI is InChI=1S/C13H18BrN5O2/c1-18-6-4-10(17-18)3-5-15-11-9-16-19(7-8-21-2)13(20)12(11)14/h4,6,9,15H,3,5,7-8H2,1-2H3. The lowest BCUT2D eigenvalue weighted by Gasteiger charge is -2.09. The molecule has 114 valence electrons. The van der Waals surface area contributed by atoms with E-state index in [0.29, 0.717) is 29.9 Å². The number of nitrogens with one attached hydrogen (secondary N) is 1. The molecule has 7 nitrogen and oxygen atoms in total. The minimum atomic E-state index is -0.171. The summed E-state index contributed by atoms with van der Waals surface area (Å²) in [6.07, 6.45) is 4.32. The summed E-state index contributed by atoms with van der Waals surface area (Å²) < 4.78 is 8.57. The Morgan fingerprint density at radius 3 is 2.95 bits per heavy atom. The third kappa shape index (κ3) is 4.15. The van der Waals surface area contributed by atoms with Crippen LogP contribution in [0.25, 0.3) is 0 Å². The second-order valence-corrected chi connectivity index (χ2v) is 5.34. The second kappa shape index (κ2) is 7.37. The van der Waals surface area contributed by atoms with Gasteiger partial charge in [-0.25, -0.2) is 4.68 Å². The van der Waals surface area contributed by atoms with Crippen LogP contribution in [0.4, 0.5) is 5.69 Å². The maximum absolute atomic E-state index is 12.1. The van der Waals surface area contributed by atoms with E-state index in [1.54, 1.807) is 18.0 Å². The van der Waals surface area contributed by atoms with Gasteiger partial charge in [-0.2, -0.15) is 10.2 Å². The fourth-order valence-corrected chi connectivity index (χ4v) is 2.29. The van der Waals surface area contributed by atoms with Crippen molar-refractivity contribution >= 4 is 21.6 Å². The number of ether oxygens (including phenoxy) is 1. The molecule has 8 heteroatoms. The van der Waals surface area contributed by atoms with Gasteiger partial charge in [-0.3, -0.25) is 9.48 Å². The molecular weight excluding hydrogens is 338 g/mol. The Hall–Kier alpha value is -1.67. The van der Waals surface area contributed by atoms with Crippen molar-refractivity contribution in [2.75, 3.05) is 25.6 Å². The van der Waals surface area contributed by atoms with Crippen molar-refractivity contribution in [3.05, 3.63) is 39.0 Å². The summed E-state index contributed by atoms with van der Waals surface area (Å²) in [5.41, 5.74) is 1.52. The molecule has 2 rings (SSSR count). The van der Waals surface area contributed by atoms with E-state index in [9.17, 15) is 4.79 Å². The minimum Gasteiger partial charge on any atom is -0.383 e. The molecule has 0 aliphatic rings. The molecule has 0 aromatic carbocycles. The van der Waals surface area contributed by atoms with Crippen LogP contribution in [0.5, 0.6) is 0 Å². The van der Waals surface area contributed by atoms with Crippen molar-refractivity contribution in [2.24, 2.45) is 7.05 Å². The van der Waals surface area contributed by atoms with Gasteiger partial charge in [0.2, 0.25) is 0 Å². The highest BCUT2D eigenvalue weighted by molar-refractivity contribution is 9.10. The maximum Gasteiger partial charge on any atom is 0.283 e. The van der Waals surface area contributed by atoms with E-state index in [4.69, 9.17) is 4.74 Å². The first kappa shape index (κ1) is 15.7. The van der Waals surface area contributed by atoms with Crippen molar-refractivity contribution in [3.8, 4) is 0 Å². The molecular formula is C13H18BrN5O2. The summed E-state index contributed by atoms with van der Waals surface area (Å²) in [4.78, 5) is 12.1. The Bertz CT molecular complexity index is 652. The molecule has 0 atom stereocenters. The number of aryl methyl sites for hydroxylation is 1. The second-order valence-electron chi connectivity index (χ2n) is 4.55. The van der Waals surface area contributed by atoms with E-state index in [1.165, 1.54) is 4.68 Å². The molecule has 0 saturated carbocycles. The lowest BCUT2D eigenvalue weighted by Crippen LogP contribution is -2.26. The molecule has 0 fully saturated rings. The van der Waals surface area contributed by atoms with Gasteiger partial charge in [0.15, 0.2) is 0 Å². The van der Waals surface area contributed by atoms with Crippen molar-refractivity contribution in [2.45, 2.75) is 13.0 Å². The van der Waals surface area contributed by atoms with E-state index in [1.807, 2.05) is 19.3 Å². The number of anilines is 1. The highest BCUT2D eigenvalue weighted by Gasteiger charge is 2.08. The highest BCUT2D eigenvalue weighted by Crippen LogP contribution is 2.15. The van der Waals surface area contributed by atoms with E-state index in [2.05, 4.69) is 31.4 Å². The molecule has 0 radical (unpaired) electrons. The van der Waals surface area contributed by atoms with Gasteiger partial charge < -0.3 is 10.1 Å². The molecule has 2 aromatic heterocycles. The lowest BCUT2D eigenvalue weighted by atomic mass is 10.3.